The van der Waals surface area contributed by atoms with Crippen molar-refractivity contribution in [1.29, 1.82) is 0 Å². The van der Waals surface area contributed by atoms with E-state index < -0.39 is 0 Å². The van der Waals surface area contributed by atoms with Gasteiger partial charge in [-0.25, -0.2) is 4.79 Å². The first-order chi connectivity index (χ1) is 13.1. The van der Waals surface area contributed by atoms with E-state index in [0.29, 0.717) is 34.0 Å². The molecule has 3 aromatic rings. The number of carbonyl (C=O) groups is 1. The third kappa shape index (κ3) is 3.91. The maximum absolute atomic E-state index is 12.7. The summed E-state index contributed by atoms with van der Waals surface area (Å²) in [5, 5.41) is 8.14. The van der Waals surface area contributed by atoms with Gasteiger partial charge in [-0.15, -0.1) is 0 Å². The molecule has 1 atom stereocenters. The van der Waals surface area contributed by atoms with E-state index in [0.717, 1.165) is 18.4 Å². The third-order valence-electron chi connectivity index (χ3n) is 4.42. The lowest BCUT2D eigenvalue weighted by molar-refractivity contribution is 0.193. The van der Waals surface area contributed by atoms with Crippen LogP contribution in [0.15, 0.2) is 53.1 Å². The number of hydrogen-bond acceptors (Lipinski definition) is 4. The molecular weight excluding hydrogens is 387 g/mol. The average molecular weight is 403 g/mol. The molecule has 1 unspecified atom stereocenters. The normalized spacial score (nSPS) is 16.5. The number of nitrogens with one attached hydrogen (secondary N) is 1. The van der Waals surface area contributed by atoms with Crippen LogP contribution >= 0.6 is 23.2 Å². The Hall–Kier alpha value is -2.57. The van der Waals surface area contributed by atoms with Crippen LogP contribution in [0.3, 0.4) is 0 Å². The van der Waals surface area contributed by atoms with Gasteiger partial charge in [0.2, 0.25) is 11.7 Å². The molecule has 1 saturated heterocycles. The lowest BCUT2D eigenvalue weighted by Crippen LogP contribution is -2.34. The third-order valence-corrected chi connectivity index (χ3v) is 4.91. The standard InChI is InChI=1S/C19H16Cl2N4O2/c20-13-6-8-15(9-7-13)22-19(26)25-10-2-5-16(25)18-23-17(24-27-18)12-3-1-4-14(21)11-12/h1,3-4,6-9,11,16H,2,5,10H2,(H,22,26). The van der Waals surface area contributed by atoms with E-state index >= 15 is 0 Å². The summed E-state index contributed by atoms with van der Waals surface area (Å²) in [6.45, 7) is 0.624. The smallest absolute Gasteiger partial charge is 0.322 e. The molecule has 2 heterocycles. The second-order valence-corrected chi connectivity index (χ2v) is 7.13. The molecule has 0 spiro atoms. The molecule has 1 fully saturated rings. The number of benzene rings is 2. The van der Waals surface area contributed by atoms with E-state index in [9.17, 15) is 4.79 Å². The summed E-state index contributed by atoms with van der Waals surface area (Å²) in [6.07, 6.45) is 1.64. The summed E-state index contributed by atoms with van der Waals surface area (Å²) < 4.78 is 5.45. The molecule has 4 rings (SSSR count). The number of urea groups is 1. The SMILES string of the molecule is O=C(Nc1ccc(Cl)cc1)N1CCCC1c1nc(-c2cccc(Cl)c2)no1. The number of amides is 2. The number of carbonyl (C=O) groups excluding carboxylic acids is 1. The predicted molar refractivity (Wildman–Crippen MR) is 104 cm³/mol. The van der Waals surface area contributed by atoms with Gasteiger partial charge < -0.3 is 14.7 Å². The first kappa shape index (κ1) is 17.8. The highest BCUT2D eigenvalue weighted by atomic mass is 35.5. The van der Waals surface area contributed by atoms with E-state index in [1.807, 2.05) is 12.1 Å². The maximum atomic E-state index is 12.7. The molecule has 1 aliphatic rings. The monoisotopic (exact) mass is 402 g/mol. The van der Waals surface area contributed by atoms with Crippen molar-refractivity contribution >= 4 is 34.9 Å². The van der Waals surface area contributed by atoms with E-state index in [1.54, 1.807) is 41.3 Å². The molecule has 6 nitrogen and oxygen atoms in total. The molecule has 0 bridgehead atoms. The van der Waals surface area contributed by atoms with Crippen molar-refractivity contribution in [2.75, 3.05) is 11.9 Å². The van der Waals surface area contributed by atoms with Crippen molar-refractivity contribution < 1.29 is 9.32 Å². The molecule has 27 heavy (non-hydrogen) atoms. The Labute approximate surface area is 166 Å². The zero-order chi connectivity index (χ0) is 18.8. The number of nitrogens with zero attached hydrogens (tertiary/aromatic N) is 3. The van der Waals surface area contributed by atoms with Gasteiger partial charge in [0.15, 0.2) is 0 Å². The lowest BCUT2D eigenvalue weighted by Gasteiger charge is -2.22. The summed E-state index contributed by atoms with van der Waals surface area (Å²) in [5.74, 6) is 0.881. The molecule has 2 aromatic carbocycles. The van der Waals surface area contributed by atoms with E-state index in [1.165, 1.54) is 0 Å². The van der Waals surface area contributed by atoms with Crippen molar-refractivity contribution in [3.05, 3.63) is 64.5 Å². The fourth-order valence-electron chi connectivity index (χ4n) is 3.11. The van der Waals surface area contributed by atoms with Gasteiger partial charge in [-0.3, -0.25) is 0 Å². The maximum Gasteiger partial charge on any atom is 0.322 e. The van der Waals surface area contributed by atoms with Crippen LogP contribution < -0.4 is 5.32 Å². The van der Waals surface area contributed by atoms with E-state index in [-0.39, 0.29) is 12.1 Å². The zero-order valence-corrected chi connectivity index (χ0v) is 15.7. The quantitative estimate of drug-likeness (QED) is 0.635. The Bertz CT molecular complexity index is 958. The summed E-state index contributed by atoms with van der Waals surface area (Å²) in [6, 6.07) is 13.8. The molecular formula is C19H16Cl2N4O2. The summed E-state index contributed by atoms with van der Waals surface area (Å²) in [5.41, 5.74) is 1.45. The molecule has 0 radical (unpaired) electrons. The van der Waals surface area contributed by atoms with Gasteiger partial charge in [0.25, 0.3) is 0 Å². The fourth-order valence-corrected chi connectivity index (χ4v) is 3.43. The second-order valence-electron chi connectivity index (χ2n) is 6.26. The molecule has 0 saturated carbocycles. The van der Waals surface area contributed by atoms with Crippen LogP contribution in [0, 0.1) is 0 Å². The van der Waals surface area contributed by atoms with E-state index in [2.05, 4.69) is 15.5 Å². The van der Waals surface area contributed by atoms with Crippen molar-refractivity contribution in [3.63, 3.8) is 0 Å². The van der Waals surface area contributed by atoms with Crippen molar-refractivity contribution in [3.8, 4) is 11.4 Å². The van der Waals surface area contributed by atoms with E-state index in [4.69, 9.17) is 27.7 Å². The minimum Gasteiger partial charge on any atom is -0.337 e. The Balaban J connectivity index is 1.51. The van der Waals surface area contributed by atoms with Crippen LogP contribution in [0.4, 0.5) is 10.5 Å². The fraction of sp³-hybridized carbons (Fsp3) is 0.211. The number of aromatic nitrogens is 2. The number of likely N-dealkylation sites (tertiary alicyclic amines) is 1. The second kappa shape index (κ2) is 7.58. The average Bonchev–Trinajstić information content (AvgIpc) is 3.33. The molecule has 1 aromatic heterocycles. The van der Waals surface area contributed by atoms with Crippen molar-refractivity contribution in [1.82, 2.24) is 15.0 Å². The molecule has 8 heteroatoms. The van der Waals surface area contributed by atoms with Crippen LogP contribution in [0.5, 0.6) is 0 Å². The Kier molecular flexibility index (Phi) is 5.01. The highest BCUT2D eigenvalue weighted by molar-refractivity contribution is 6.31. The zero-order valence-electron chi connectivity index (χ0n) is 14.2. The largest absolute Gasteiger partial charge is 0.337 e. The van der Waals surface area contributed by atoms with Crippen LogP contribution in [0.2, 0.25) is 10.0 Å². The topological polar surface area (TPSA) is 71.3 Å². The van der Waals surface area contributed by atoms with Crippen LogP contribution in [0.25, 0.3) is 11.4 Å². The Morgan fingerprint density at radius 2 is 1.96 bits per heavy atom. The van der Waals surface area contributed by atoms with Gasteiger partial charge in [-0.2, -0.15) is 4.98 Å². The van der Waals surface area contributed by atoms with Gasteiger partial charge in [0.05, 0.1) is 0 Å². The molecule has 0 aliphatic carbocycles. The molecule has 1 N–H and O–H groups in total. The summed E-state index contributed by atoms with van der Waals surface area (Å²) in [7, 11) is 0. The lowest BCUT2D eigenvalue weighted by atomic mass is 10.2. The molecule has 1 aliphatic heterocycles. The van der Waals surface area contributed by atoms with Crippen molar-refractivity contribution in [2.45, 2.75) is 18.9 Å². The summed E-state index contributed by atoms with van der Waals surface area (Å²) in [4.78, 5) is 18.9. The summed E-state index contributed by atoms with van der Waals surface area (Å²) >= 11 is 11.9. The minimum atomic E-state index is -0.252. The van der Waals surface area contributed by atoms with Gasteiger partial charge in [0, 0.05) is 27.8 Å². The number of anilines is 1. The van der Waals surface area contributed by atoms with Gasteiger partial charge in [0.1, 0.15) is 6.04 Å². The Morgan fingerprint density at radius 1 is 1.15 bits per heavy atom. The van der Waals surface area contributed by atoms with Crippen LogP contribution in [0.1, 0.15) is 24.8 Å². The first-order valence-corrected chi connectivity index (χ1v) is 9.28. The van der Waals surface area contributed by atoms with Crippen LogP contribution in [-0.4, -0.2) is 27.6 Å². The van der Waals surface area contributed by atoms with Crippen molar-refractivity contribution in [2.24, 2.45) is 0 Å². The molecule has 2 amide bonds. The Morgan fingerprint density at radius 3 is 2.74 bits per heavy atom. The highest BCUT2D eigenvalue weighted by Crippen LogP contribution is 2.33. The predicted octanol–water partition coefficient (Wildman–Crippen LogP) is 5.41. The highest BCUT2D eigenvalue weighted by Gasteiger charge is 2.34. The van der Waals surface area contributed by atoms with Gasteiger partial charge in [-0.1, -0.05) is 40.5 Å². The molecule has 138 valence electrons. The van der Waals surface area contributed by atoms with Crippen LogP contribution in [-0.2, 0) is 0 Å². The number of rotatable bonds is 3. The number of halogens is 2. The van der Waals surface area contributed by atoms with Gasteiger partial charge in [-0.05, 0) is 49.2 Å². The first-order valence-electron chi connectivity index (χ1n) is 8.53. The van der Waals surface area contributed by atoms with Gasteiger partial charge >= 0.3 is 6.03 Å². The number of hydrogen-bond donors (Lipinski definition) is 1. The minimum absolute atomic E-state index is 0.206.